The minimum Gasteiger partial charge on any atom is -0.481 e. The van der Waals surface area contributed by atoms with E-state index in [1.165, 1.54) is 6.42 Å². The molecular formula is C13H25NO3. The van der Waals surface area contributed by atoms with Gasteiger partial charge in [0.05, 0.1) is 6.10 Å². The van der Waals surface area contributed by atoms with E-state index in [9.17, 15) is 9.90 Å². The number of carbonyl (C=O) groups is 1. The van der Waals surface area contributed by atoms with E-state index in [-0.39, 0.29) is 18.6 Å². The van der Waals surface area contributed by atoms with E-state index < -0.39 is 5.97 Å². The Hall–Kier alpha value is -0.610. The Bertz CT molecular complexity index is 233. The third-order valence-corrected chi connectivity index (χ3v) is 3.62. The Labute approximate surface area is 103 Å². The molecule has 3 N–H and O–H groups in total. The highest BCUT2D eigenvalue weighted by Crippen LogP contribution is 2.18. The summed E-state index contributed by atoms with van der Waals surface area (Å²) in [7, 11) is 0. The monoisotopic (exact) mass is 243 g/mol. The fraction of sp³-hybridized carbons (Fsp3) is 0.923. The van der Waals surface area contributed by atoms with Crippen molar-refractivity contribution in [3.05, 3.63) is 0 Å². The quantitative estimate of drug-likeness (QED) is 0.637. The van der Waals surface area contributed by atoms with Crippen LogP contribution in [0.15, 0.2) is 0 Å². The van der Waals surface area contributed by atoms with E-state index in [4.69, 9.17) is 5.11 Å². The summed E-state index contributed by atoms with van der Waals surface area (Å²) in [6.07, 6.45) is 6.08. The van der Waals surface area contributed by atoms with Gasteiger partial charge in [-0.05, 0) is 38.1 Å². The molecule has 1 aliphatic carbocycles. The molecule has 3 atom stereocenters. The van der Waals surface area contributed by atoms with Crippen LogP contribution in [0.2, 0.25) is 0 Å². The lowest BCUT2D eigenvalue weighted by Crippen LogP contribution is -2.42. The molecule has 0 aliphatic heterocycles. The van der Waals surface area contributed by atoms with Gasteiger partial charge in [0.15, 0.2) is 0 Å². The summed E-state index contributed by atoms with van der Waals surface area (Å²) in [5, 5.41) is 21.7. The maximum atomic E-state index is 10.4. The molecular weight excluding hydrogens is 218 g/mol. The second-order valence-corrected chi connectivity index (χ2v) is 5.24. The van der Waals surface area contributed by atoms with Crippen LogP contribution >= 0.6 is 0 Å². The molecule has 4 nitrogen and oxygen atoms in total. The molecule has 0 aromatic rings. The Morgan fingerprint density at radius 2 is 2.06 bits per heavy atom. The van der Waals surface area contributed by atoms with E-state index in [0.29, 0.717) is 5.92 Å². The zero-order valence-corrected chi connectivity index (χ0v) is 10.7. The van der Waals surface area contributed by atoms with E-state index in [1.807, 2.05) is 0 Å². The Balaban J connectivity index is 2.07. The van der Waals surface area contributed by atoms with Crippen LogP contribution in [-0.2, 0) is 4.79 Å². The van der Waals surface area contributed by atoms with Gasteiger partial charge in [-0.3, -0.25) is 4.79 Å². The zero-order valence-electron chi connectivity index (χ0n) is 10.7. The van der Waals surface area contributed by atoms with Crippen molar-refractivity contribution in [1.29, 1.82) is 0 Å². The minimum atomic E-state index is -0.715. The molecule has 1 saturated carbocycles. The van der Waals surface area contributed by atoms with E-state index >= 15 is 0 Å². The SMILES string of the molecule is CC(CCNC1CCCCC1O)CCC(=O)O. The molecule has 3 unspecified atom stereocenters. The van der Waals surface area contributed by atoms with E-state index in [0.717, 1.165) is 38.6 Å². The van der Waals surface area contributed by atoms with Crippen molar-refractivity contribution in [2.75, 3.05) is 6.54 Å². The summed E-state index contributed by atoms with van der Waals surface area (Å²) in [4.78, 5) is 10.4. The number of aliphatic hydroxyl groups excluding tert-OH is 1. The van der Waals surface area contributed by atoms with Crippen LogP contribution in [0.25, 0.3) is 0 Å². The van der Waals surface area contributed by atoms with Gasteiger partial charge in [0, 0.05) is 12.5 Å². The predicted octanol–water partition coefficient (Wildman–Crippen LogP) is 1.77. The summed E-state index contributed by atoms with van der Waals surface area (Å²) in [5.41, 5.74) is 0. The summed E-state index contributed by atoms with van der Waals surface area (Å²) in [6.45, 7) is 2.96. The van der Waals surface area contributed by atoms with Gasteiger partial charge in [-0.1, -0.05) is 19.8 Å². The molecule has 1 fully saturated rings. The standard InChI is InChI=1S/C13H25NO3/c1-10(6-7-13(16)17)8-9-14-11-4-2-3-5-12(11)15/h10-12,14-15H,2-9H2,1H3,(H,16,17). The van der Waals surface area contributed by atoms with Crippen molar-refractivity contribution in [1.82, 2.24) is 5.32 Å². The van der Waals surface area contributed by atoms with E-state index in [2.05, 4.69) is 12.2 Å². The molecule has 0 bridgehead atoms. The fourth-order valence-electron chi connectivity index (χ4n) is 2.38. The van der Waals surface area contributed by atoms with Gasteiger partial charge < -0.3 is 15.5 Å². The van der Waals surface area contributed by atoms with Crippen molar-refractivity contribution in [3.8, 4) is 0 Å². The lowest BCUT2D eigenvalue weighted by atomic mass is 9.92. The van der Waals surface area contributed by atoms with Gasteiger partial charge in [0.1, 0.15) is 0 Å². The molecule has 17 heavy (non-hydrogen) atoms. The van der Waals surface area contributed by atoms with Gasteiger partial charge in [0.25, 0.3) is 0 Å². The van der Waals surface area contributed by atoms with Gasteiger partial charge in [-0.25, -0.2) is 0 Å². The Morgan fingerprint density at radius 3 is 2.71 bits per heavy atom. The van der Waals surface area contributed by atoms with Crippen molar-refractivity contribution in [3.63, 3.8) is 0 Å². The topological polar surface area (TPSA) is 69.6 Å². The van der Waals surface area contributed by atoms with Crippen molar-refractivity contribution in [2.24, 2.45) is 5.92 Å². The molecule has 1 aliphatic rings. The van der Waals surface area contributed by atoms with Crippen molar-refractivity contribution >= 4 is 5.97 Å². The predicted molar refractivity (Wildman–Crippen MR) is 66.9 cm³/mol. The Kier molecular flexibility index (Phi) is 6.52. The Morgan fingerprint density at radius 1 is 1.35 bits per heavy atom. The maximum absolute atomic E-state index is 10.4. The summed E-state index contributed by atoms with van der Waals surface area (Å²) in [5.74, 6) is -0.285. The summed E-state index contributed by atoms with van der Waals surface area (Å²) in [6, 6.07) is 0.246. The number of carboxylic acids is 1. The summed E-state index contributed by atoms with van der Waals surface area (Å²) >= 11 is 0. The summed E-state index contributed by atoms with van der Waals surface area (Å²) < 4.78 is 0. The van der Waals surface area contributed by atoms with Crippen LogP contribution in [0.1, 0.15) is 51.9 Å². The highest BCUT2D eigenvalue weighted by atomic mass is 16.4. The number of aliphatic hydroxyl groups is 1. The second kappa shape index (κ2) is 7.67. The molecule has 0 radical (unpaired) electrons. The normalized spacial score (nSPS) is 26.7. The lowest BCUT2D eigenvalue weighted by molar-refractivity contribution is -0.137. The zero-order chi connectivity index (χ0) is 12.7. The molecule has 100 valence electrons. The first-order valence-electron chi connectivity index (χ1n) is 6.73. The van der Waals surface area contributed by atoms with Gasteiger partial charge in [-0.15, -0.1) is 0 Å². The average Bonchev–Trinajstić information content (AvgIpc) is 2.29. The molecule has 0 amide bonds. The van der Waals surface area contributed by atoms with Crippen molar-refractivity contribution < 1.29 is 15.0 Å². The third kappa shape index (κ3) is 6.03. The minimum absolute atomic E-state index is 0.196. The van der Waals surface area contributed by atoms with Gasteiger partial charge >= 0.3 is 5.97 Å². The second-order valence-electron chi connectivity index (χ2n) is 5.24. The number of rotatable bonds is 7. The van der Waals surface area contributed by atoms with Crippen LogP contribution in [0.5, 0.6) is 0 Å². The first-order chi connectivity index (χ1) is 8.09. The van der Waals surface area contributed by atoms with Crippen LogP contribution in [0.3, 0.4) is 0 Å². The molecule has 0 aromatic carbocycles. The van der Waals surface area contributed by atoms with Crippen LogP contribution in [0, 0.1) is 5.92 Å². The number of hydrogen-bond donors (Lipinski definition) is 3. The maximum Gasteiger partial charge on any atom is 0.303 e. The van der Waals surface area contributed by atoms with Crippen LogP contribution < -0.4 is 5.32 Å². The molecule has 1 rings (SSSR count). The smallest absolute Gasteiger partial charge is 0.303 e. The molecule has 0 aromatic heterocycles. The molecule has 4 heteroatoms. The first kappa shape index (κ1) is 14.5. The molecule has 0 heterocycles. The highest BCUT2D eigenvalue weighted by Gasteiger charge is 2.22. The number of hydrogen-bond acceptors (Lipinski definition) is 3. The lowest BCUT2D eigenvalue weighted by Gasteiger charge is -2.28. The van der Waals surface area contributed by atoms with Crippen LogP contribution in [0.4, 0.5) is 0 Å². The number of nitrogens with one attached hydrogen (secondary N) is 1. The first-order valence-corrected chi connectivity index (χ1v) is 6.73. The molecule has 0 saturated heterocycles. The average molecular weight is 243 g/mol. The van der Waals surface area contributed by atoms with Crippen molar-refractivity contribution in [2.45, 2.75) is 64.0 Å². The van der Waals surface area contributed by atoms with Gasteiger partial charge in [-0.2, -0.15) is 0 Å². The van der Waals surface area contributed by atoms with Gasteiger partial charge in [0.2, 0.25) is 0 Å². The largest absolute Gasteiger partial charge is 0.481 e. The van der Waals surface area contributed by atoms with E-state index in [1.54, 1.807) is 0 Å². The fourth-order valence-corrected chi connectivity index (χ4v) is 2.38. The van der Waals surface area contributed by atoms with Crippen LogP contribution in [-0.4, -0.2) is 34.9 Å². The number of carboxylic acid groups (broad SMARTS) is 1. The third-order valence-electron chi connectivity index (χ3n) is 3.62. The highest BCUT2D eigenvalue weighted by molar-refractivity contribution is 5.66. The molecule has 0 spiro atoms. The number of aliphatic carboxylic acids is 1.